The lowest BCUT2D eigenvalue weighted by Crippen LogP contribution is -2.64. The molecule has 384 valence electrons. The van der Waals surface area contributed by atoms with Gasteiger partial charge in [-0.2, -0.15) is 0 Å². The molecule has 0 heterocycles. The second-order valence-electron chi connectivity index (χ2n) is 16.4. The average Bonchev–Trinajstić information content (AvgIpc) is 3.32. The predicted octanol–water partition coefficient (Wildman–Crippen LogP) is 9.14. The van der Waals surface area contributed by atoms with Crippen LogP contribution in [0.2, 0.25) is 0 Å². The molecule has 1 fully saturated rings. The molecule has 0 aromatic carbocycles. The van der Waals surface area contributed by atoms with E-state index >= 15 is 0 Å². The second kappa shape index (κ2) is 41.0. The Balaban J connectivity index is 2.53. The fourth-order valence-electron chi connectivity index (χ4n) is 6.50. The number of aliphatic hydroxyl groups excluding tert-OH is 6. The van der Waals surface area contributed by atoms with Gasteiger partial charge in [0.05, 0.1) is 12.7 Å². The van der Waals surface area contributed by atoms with Crippen molar-refractivity contribution in [3.8, 4) is 0 Å². The minimum absolute atomic E-state index is 0.0629. The van der Waals surface area contributed by atoms with Crippen molar-refractivity contribution in [3.05, 3.63) is 122 Å². The normalized spacial score (nSPS) is 22.5. The molecule has 0 radical (unpaired) electrons. The maximum absolute atomic E-state index is 12.8. The summed E-state index contributed by atoms with van der Waals surface area (Å²) < 4.78 is 33.5. The molecule has 0 aromatic rings. The van der Waals surface area contributed by atoms with Gasteiger partial charge in [0, 0.05) is 12.8 Å². The number of phosphoric acid groups is 1. The maximum Gasteiger partial charge on any atom is 0.472 e. The average molecular weight is 975 g/mol. The molecule has 1 aliphatic rings. The summed E-state index contributed by atoms with van der Waals surface area (Å²) in [5.74, 6) is -1.26. The summed E-state index contributed by atoms with van der Waals surface area (Å²) in [4.78, 5) is 35.8. The van der Waals surface area contributed by atoms with Gasteiger partial charge in [-0.3, -0.25) is 18.6 Å². The van der Waals surface area contributed by atoms with Crippen molar-refractivity contribution in [1.82, 2.24) is 0 Å². The quantitative estimate of drug-likeness (QED) is 0.0101. The number of unbranched alkanes of at least 4 members (excludes halogenated alkanes) is 6. The van der Waals surface area contributed by atoms with Gasteiger partial charge in [-0.05, 0) is 83.5 Å². The summed E-state index contributed by atoms with van der Waals surface area (Å²) in [6.07, 6.45) is 41.3. The third-order valence-corrected chi connectivity index (χ3v) is 11.4. The zero-order valence-electron chi connectivity index (χ0n) is 40.5. The number of carbonyl (C=O) groups excluding carboxylic acids is 2. The Morgan fingerprint density at radius 1 is 0.529 bits per heavy atom. The highest BCUT2D eigenvalue weighted by Crippen LogP contribution is 2.47. The Bertz CT molecular complexity index is 1660. The molecule has 4 unspecified atom stereocenters. The Hall–Kier alpha value is -3.79. The van der Waals surface area contributed by atoms with Crippen LogP contribution in [-0.4, -0.2) is 110 Å². The SMILES string of the molecule is CC/C=C\C/C=C\C/C=C\C/C=C\CCCCCCCCC(=O)OC[C@H](COP(=O)(O)OC1[C@H](O)[C@H](O)C(O)[C@H](O)[C@H]1O)OC(=O)CC/C=C\C/C=C\C/C=C\C=C\C(O)C/C=C\C/C=C\CC. The molecule has 0 amide bonds. The van der Waals surface area contributed by atoms with E-state index in [1.54, 1.807) is 12.2 Å². The Labute approximate surface area is 406 Å². The van der Waals surface area contributed by atoms with Crippen molar-refractivity contribution in [2.45, 2.75) is 185 Å². The van der Waals surface area contributed by atoms with Gasteiger partial charge in [-0.1, -0.05) is 161 Å². The van der Waals surface area contributed by atoms with Crippen LogP contribution in [0.1, 0.15) is 136 Å². The first-order valence-electron chi connectivity index (χ1n) is 24.4. The molecule has 15 heteroatoms. The molecule has 1 saturated carbocycles. The van der Waals surface area contributed by atoms with E-state index in [-0.39, 0.29) is 12.8 Å². The van der Waals surface area contributed by atoms with Crippen molar-refractivity contribution in [2.24, 2.45) is 0 Å². The highest BCUT2D eigenvalue weighted by atomic mass is 31.2. The van der Waals surface area contributed by atoms with E-state index in [0.29, 0.717) is 32.1 Å². The van der Waals surface area contributed by atoms with Crippen molar-refractivity contribution in [2.75, 3.05) is 13.2 Å². The topological polar surface area (TPSA) is 230 Å². The lowest BCUT2D eigenvalue weighted by atomic mass is 9.85. The van der Waals surface area contributed by atoms with Crippen LogP contribution in [0.5, 0.6) is 0 Å². The van der Waals surface area contributed by atoms with E-state index in [1.165, 1.54) is 0 Å². The van der Waals surface area contributed by atoms with E-state index in [0.717, 1.165) is 77.0 Å². The highest BCUT2D eigenvalue weighted by molar-refractivity contribution is 7.47. The number of hydrogen-bond donors (Lipinski definition) is 7. The van der Waals surface area contributed by atoms with Gasteiger partial charge in [0.25, 0.3) is 0 Å². The standard InChI is InChI=1S/C53H83O14P/c1-3-5-7-9-11-12-13-14-15-16-17-18-19-20-21-25-28-32-36-40-46(55)64-42-45(43-65-68(62,63)67-53-51(60)49(58)48(57)50(59)52(53)61)66-47(56)41-37-33-29-26-23-22-24-27-31-35-39-44(54)38-34-30-10-8-6-4-2/h5-8,11-12,14-15,17-18,22-23,27,29-31,33-35,39,44-45,48-54,57-61H,3-4,9-10,13,16,19-21,24-26,28,32,36-38,40-43H2,1-2H3,(H,62,63)/b7-5-,8-6-,12-11-,15-14-,18-17-,23-22-,31-27-,33-29-,34-30-,39-35+/t44?,45-,48?,49-,50+,51-,52-,53?/m1/s1. The Kier molecular flexibility index (Phi) is 37.6. The van der Waals surface area contributed by atoms with Gasteiger partial charge < -0.3 is 45.0 Å². The number of phosphoric ester groups is 1. The summed E-state index contributed by atoms with van der Waals surface area (Å²) in [5.41, 5.74) is 0. The summed E-state index contributed by atoms with van der Waals surface area (Å²) >= 11 is 0. The molecule has 0 bridgehead atoms. The van der Waals surface area contributed by atoms with E-state index in [2.05, 4.69) is 74.6 Å². The highest BCUT2D eigenvalue weighted by Gasteiger charge is 2.51. The third kappa shape index (κ3) is 32.9. The summed E-state index contributed by atoms with van der Waals surface area (Å²) in [7, 11) is -5.17. The molecule has 68 heavy (non-hydrogen) atoms. The molecule has 7 N–H and O–H groups in total. The largest absolute Gasteiger partial charge is 0.472 e. The number of rotatable bonds is 38. The van der Waals surface area contributed by atoms with Gasteiger partial charge in [0.2, 0.25) is 0 Å². The number of ether oxygens (including phenoxy) is 2. The summed E-state index contributed by atoms with van der Waals surface area (Å²) in [6, 6.07) is 0. The molecule has 0 aromatic heterocycles. The molecule has 0 saturated heterocycles. The molecule has 14 nitrogen and oxygen atoms in total. The van der Waals surface area contributed by atoms with Gasteiger partial charge in [0.1, 0.15) is 43.2 Å². The van der Waals surface area contributed by atoms with Crippen LogP contribution in [0.15, 0.2) is 122 Å². The molecule has 9 atom stereocenters. The number of allylic oxidation sites excluding steroid dienone is 18. The summed E-state index contributed by atoms with van der Waals surface area (Å²) in [5, 5.41) is 60.3. The number of esters is 2. The first kappa shape index (κ1) is 62.2. The van der Waals surface area contributed by atoms with E-state index in [1.807, 2.05) is 48.6 Å². The lowest BCUT2D eigenvalue weighted by Gasteiger charge is -2.41. The maximum atomic E-state index is 12.8. The zero-order valence-corrected chi connectivity index (χ0v) is 41.3. The van der Waals surface area contributed by atoms with Gasteiger partial charge >= 0.3 is 19.8 Å². The number of carbonyl (C=O) groups is 2. The van der Waals surface area contributed by atoms with Crippen LogP contribution in [0.4, 0.5) is 0 Å². The molecule has 1 rings (SSSR count). The smallest absolute Gasteiger partial charge is 0.462 e. The van der Waals surface area contributed by atoms with Crippen LogP contribution in [0.3, 0.4) is 0 Å². The van der Waals surface area contributed by atoms with Gasteiger partial charge in [-0.25, -0.2) is 4.57 Å². The van der Waals surface area contributed by atoms with Gasteiger partial charge in [0.15, 0.2) is 6.10 Å². The van der Waals surface area contributed by atoms with Crippen molar-refractivity contribution in [3.63, 3.8) is 0 Å². The van der Waals surface area contributed by atoms with E-state index < -0.39 is 81.8 Å². The fraction of sp³-hybridized carbons (Fsp3) is 0.585. The summed E-state index contributed by atoms with van der Waals surface area (Å²) in [6.45, 7) is 2.92. The monoisotopic (exact) mass is 975 g/mol. The van der Waals surface area contributed by atoms with Crippen LogP contribution < -0.4 is 0 Å². The second-order valence-corrected chi connectivity index (χ2v) is 17.8. The van der Waals surface area contributed by atoms with E-state index in [4.69, 9.17) is 18.5 Å². The number of aliphatic hydroxyl groups is 6. The van der Waals surface area contributed by atoms with E-state index in [9.17, 15) is 49.7 Å². The minimum Gasteiger partial charge on any atom is -0.462 e. The van der Waals surface area contributed by atoms with Crippen LogP contribution >= 0.6 is 7.82 Å². The number of hydrogen-bond acceptors (Lipinski definition) is 13. The molecule has 1 aliphatic carbocycles. The minimum atomic E-state index is -5.17. The van der Waals surface area contributed by atoms with Crippen molar-refractivity contribution in [1.29, 1.82) is 0 Å². The first-order chi connectivity index (χ1) is 32.8. The van der Waals surface area contributed by atoms with Crippen LogP contribution in [0.25, 0.3) is 0 Å². The van der Waals surface area contributed by atoms with Crippen LogP contribution in [0, 0.1) is 0 Å². The molecular formula is C53H83O14P. The zero-order chi connectivity index (χ0) is 50.1. The molecular weight excluding hydrogens is 892 g/mol. The van der Waals surface area contributed by atoms with Crippen molar-refractivity contribution >= 4 is 19.8 Å². The molecule has 0 aliphatic heterocycles. The first-order valence-corrected chi connectivity index (χ1v) is 25.9. The van der Waals surface area contributed by atoms with Crippen LogP contribution in [-0.2, 0) is 32.7 Å². The lowest BCUT2D eigenvalue weighted by molar-refractivity contribution is -0.220. The fourth-order valence-corrected chi connectivity index (χ4v) is 7.48. The Morgan fingerprint density at radius 3 is 1.57 bits per heavy atom. The third-order valence-electron chi connectivity index (χ3n) is 10.4. The predicted molar refractivity (Wildman–Crippen MR) is 268 cm³/mol. The Morgan fingerprint density at radius 2 is 1.00 bits per heavy atom. The molecule has 0 spiro atoms. The van der Waals surface area contributed by atoms with Gasteiger partial charge in [-0.15, -0.1) is 0 Å². The van der Waals surface area contributed by atoms with Crippen molar-refractivity contribution < 1.29 is 68.2 Å².